The van der Waals surface area contributed by atoms with E-state index < -0.39 is 0 Å². The molecule has 16 heavy (non-hydrogen) atoms. The van der Waals surface area contributed by atoms with Gasteiger partial charge in [-0.2, -0.15) is 0 Å². The molecule has 3 N–H and O–H groups in total. The Balaban J connectivity index is 2.09. The lowest BCUT2D eigenvalue weighted by Gasteiger charge is -2.17. The van der Waals surface area contributed by atoms with Gasteiger partial charge in [-0.05, 0) is 49.8 Å². The Labute approximate surface area is 102 Å². The number of nitrogens with one attached hydrogen (secondary N) is 1. The van der Waals surface area contributed by atoms with Crippen LogP contribution in [0.5, 0.6) is 0 Å². The molecule has 0 radical (unpaired) electrons. The standard InChI is InChI=1S/C12H17N3S/c13-12(16)14-11-6-2-1-5-10(11)9-15-7-3-4-8-15/h1-2,5-6H,3-4,7-9H2,(H3,13,14,16). The maximum atomic E-state index is 5.51. The Bertz CT molecular complexity index is 372. The SMILES string of the molecule is NC(=S)Nc1ccccc1CN1CCCC1. The maximum Gasteiger partial charge on any atom is 0.168 e. The molecule has 0 bridgehead atoms. The molecule has 1 aromatic rings. The fourth-order valence-electron chi connectivity index (χ4n) is 2.09. The average molecular weight is 235 g/mol. The van der Waals surface area contributed by atoms with Crippen molar-refractivity contribution in [1.29, 1.82) is 0 Å². The monoisotopic (exact) mass is 235 g/mol. The van der Waals surface area contributed by atoms with Gasteiger partial charge >= 0.3 is 0 Å². The molecule has 0 aromatic heterocycles. The van der Waals surface area contributed by atoms with Crippen LogP contribution in [-0.4, -0.2) is 23.1 Å². The molecule has 1 heterocycles. The van der Waals surface area contributed by atoms with Crippen LogP contribution in [0.15, 0.2) is 24.3 Å². The van der Waals surface area contributed by atoms with Crippen LogP contribution in [0.3, 0.4) is 0 Å². The third-order valence-electron chi connectivity index (χ3n) is 2.87. The van der Waals surface area contributed by atoms with Crippen molar-refractivity contribution in [2.75, 3.05) is 18.4 Å². The largest absolute Gasteiger partial charge is 0.376 e. The number of nitrogens with two attached hydrogens (primary N) is 1. The molecule has 0 spiro atoms. The molecule has 4 heteroatoms. The van der Waals surface area contributed by atoms with Crippen LogP contribution < -0.4 is 11.1 Å². The Kier molecular flexibility index (Phi) is 3.74. The van der Waals surface area contributed by atoms with Crippen LogP contribution in [0.25, 0.3) is 0 Å². The molecule has 86 valence electrons. The maximum absolute atomic E-state index is 5.51. The molecule has 3 nitrogen and oxygen atoms in total. The summed E-state index contributed by atoms with van der Waals surface area (Å²) in [5.74, 6) is 0. The topological polar surface area (TPSA) is 41.3 Å². The molecule has 1 aliphatic heterocycles. The second kappa shape index (κ2) is 5.27. The first-order valence-corrected chi connectivity index (χ1v) is 6.03. The lowest BCUT2D eigenvalue weighted by Crippen LogP contribution is -2.22. The van der Waals surface area contributed by atoms with E-state index in [1.54, 1.807) is 0 Å². The summed E-state index contributed by atoms with van der Waals surface area (Å²) in [6, 6.07) is 8.19. The number of hydrogen-bond donors (Lipinski definition) is 2. The van der Waals surface area contributed by atoms with Gasteiger partial charge in [-0.15, -0.1) is 0 Å². The van der Waals surface area contributed by atoms with Crippen molar-refractivity contribution in [2.45, 2.75) is 19.4 Å². The van der Waals surface area contributed by atoms with Crippen molar-refractivity contribution in [3.8, 4) is 0 Å². The average Bonchev–Trinajstić information content (AvgIpc) is 2.73. The highest BCUT2D eigenvalue weighted by Gasteiger charge is 2.13. The van der Waals surface area contributed by atoms with Gasteiger partial charge in [0, 0.05) is 12.2 Å². The summed E-state index contributed by atoms with van der Waals surface area (Å²) in [5, 5.41) is 3.36. The molecule has 0 aliphatic carbocycles. The predicted molar refractivity (Wildman–Crippen MR) is 71.4 cm³/mol. The van der Waals surface area contributed by atoms with Crippen LogP contribution in [-0.2, 0) is 6.54 Å². The lowest BCUT2D eigenvalue weighted by atomic mass is 10.1. The second-order valence-corrected chi connectivity index (χ2v) is 4.57. The highest BCUT2D eigenvalue weighted by Crippen LogP contribution is 2.19. The number of benzene rings is 1. The molecule has 0 unspecified atom stereocenters. The highest BCUT2D eigenvalue weighted by atomic mass is 32.1. The van der Waals surface area contributed by atoms with Crippen molar-refractivity contribution < 1.29 is 0 Å². The second-order valence-electron chi connectivity index (χ2n) is 4.13. The van der Waals surface area contributed by atoms with E-state index in [0.29, 0.717) is 5.11 Å². The van der Waals surface area contributed by atoms with Gasteiger partial charge in [0.25, 0.3) is 0 Å². The third-order valence-corrected chi connectivity index (χ3v) is 2.97. The molecule has 1 aliphatic rings. The van der Waals surface area contributed by atoms with Crippen molar-refractivity contribution in [2.24, 2.45) is 5.73 Å². The molecule has 1 aromatic carbocycles. The van der Waals surface area contributed by atoms with Crippen LogP contribution in [0.2, 0.25) is 0 Å². The smallest absolute Gasteiger partial charge is 0.168 e. The van der Waals surface area contributed by atoms with Gasteiger partial charge in [0.1, 0.15) is 0 Å². The summed E-state index contributed by atoms with van der Waals surface area (Å²) >= 11 is 4.87. The Hall–Kier alpha value is -1.13. The summed E-state index contributed by atoms with van der Waals surface area (Å²) in [5.41, 5.74) is 7.80. The molecular formula is C12H17N3S. The summed E-state index contributed by atoms with van der Waals surface area (Å²) in [7, 11) is 0. The number of nitrogens with zero attached hydrogens (tertiary/aromatic N) is 1. The summed E-state index contributed by atoms with van der Waals surface area (Å²) < 4.78 is 0. The first-order valence-electron chi connectivity index (χ1n) is 5.62. The third kappa shape index (κ3) is 2.93. The molecular weight excluding hydrogens is 218 g/mol. The summed E-state index contributed by atoms with van der Waals surface area (Å²) in [4.78, 5) is 2.46. The normalized spacial score (nSPS) is 16.2. The molecule has 1 saturated heterocycles. The van der Waals surface area contributed by atoms with Gasteiger partial charge in [-0.3, -0.25) is 4.90 Å². The zero-order valence-corrected chi connectivity index (χ0v) is 10.1. The lowest BCUT2D eigenvalue weighted by molar-refractivity contribution is 0.332. The first-order chi connectivity index (χ1) is 7.75. The fraction of sp³-hybridized carbons (Fsp3) is 0.417. The number of para-hydroxylation sites is 1. The Morgan fingerprint density at radius 3 is 2.69 bits per heavy atom. The van der Waals surface area contributed by atoms with Crippen molar-refractivity contribution in [3.05, 3.63) is 29.8 Å². The van der Waals surface area contributed by atoms with E-state index in [4.69, 9.17) is 18.0 Å². The van der Waals surface area contributed by atoms with Gasteiger partial charge in [-0.1, -0.05) is 18.2 Å². The van der Waals surface area contributed by atoms with Gasteiger partial charge < -0.3 is 11.1 Å². The van der Waals surface area contributed by atoms with E-state index >= 15 is 0 Å². The minimum Gasteiger partial charge on any atom is -0.376 e. The Morgan fingerprint density at radius 2 is 2.00 bits per heavy atom. The highest BCUT2D eigenvalue weighted by molar-refractivity contribution is 7.80. The minimum absolute atomic E-state index is 0.328. The van der Waals surface area contributed by atoms with Gasteiger partial charge in [0.15, 0.2) is 5.11 Å². The predicted octanol–water partition coefficient (Wildman–Crippen LogP) is 1.94. The van der Waals surface area contributed by atoms with Gasteiger partial charge in [0.05, 0.1) is 0 Å². The molecule has 2 rings (SSSR count). The van der Waals surface area contributed by atoms with E-state index in [-0.39, 0.29) is 0 Å². The van der Waals surface area contributed by atoms with E-state index in [9.17, 15) is 0 Å². The minimum atomic E-state index is 0.328. The van der Waals surface area contributed by atoms with Crippen molar-refractivity contribution in [1.82, 2.24) is 4.90 Å². The number of hydrogen-bond acceptors (Lipinski definition) is 2. The molecule has 0 amide bonds. The van der Waals surface area contributed by atoms with Gasteiger partial charge in [-0.25, -0.2) is 0 Å². The van der Waals surface area contributed by atoms with Crippen LogP contribution >= 0.6 is 12.2 Å². The summed E-state index contributed by atoms with van der Waals surface area (Å²) in [6.45, 7) is 3.37. The van der Waals surface area contributed by atoms with Crippen molar-refractivity contribution in [3.63, 3.8) is 0 Å². The summed E-state index contributed by atoms with van der Waals surface area (Å²) in [6.07, 6.45) is 2.62. The van der Waals surface area contributed by atoms with E-state index in [2.05, 4.69) is 22.3 Å². The van der Waals surface area contributed by atoms with E-state index in [1.165, 1.54) is 31.5 Å². The van der Waals surface area contributed by atoms with Crippen LogP contribution in [0.4, 0.5) is 5.69 Å². The van der Waals surface area contributed by atoms with E-state index in [1.807, 2.05) is 12.1 Å². The number of anilines is 1. The van der Waals surface area contributed by atoms with Crippen LogP contribution in [0.1, 0.15) is 18.4 Å². The van der Waals surface area contributed by atoms with Crippen molar-refractivity contribution >= 4 is 23.0 Å². The zero-order chi connectivity index (χ0) is 11.4. The van der Waals surface area contributed by atoms with Crippen LogP contribution in [0, 0.1) is 0 Å². The Morgan fingerprint density at radius 1 is 1.31 bits per heavy atom. The number of likely N-dealkylation sites (tertiary alicyclic amines) is 1. The molecule has 0 saturated carbocycles. The zero-order valence-electron chi connectivity index (χ0n) is 9.28. The van der Waals surface area contributed by atoms with Gasteiger partial charge in [0.2, 0.25) is 0 Å². The molecule has 0 atom stereocenters. The first kappa shape index (κ1) is 11.4. The quantitative estimate of drug-likeness (QED) is 0.786. The number of rotatable bonds is 3. The fourth-order valence-corrected chi connectivity index (χ4v) is 2.20. The molecule has 1 fully saturated rings. The number of thiocarbonyl (C=S) groups is 1. The van der Waals surface area contributed by atoms with E-state index in [0.717, 1.165) is 12.2 Å².